The molecule has 8 nitrogen and oxygen atoms in total. The number of nitrogens with one attached hydrogen (secondary N) is 1. The molecule has 0 aliphatic rings. The van der Waals surface area contributed by atoms with Gasteiger partial charge in [-0.2, -0.15) is 9.78 Å². The van der Waals surface area contributed by atoms with Crippen LogP contribution in [-0.4, -0.2) is 35.9 Å². The second-order valence-corrected chi connectivity index (χ2v) is 8.06. The molecule has 0 radical (unpaired) electrons. The zero-order chi connectivity index (χ0) is 22.7. The fraction of sp³-hybridized carbons (Fsp3) is 0.292. The van der Waals surface area contributed by atoms with E-state index in [9.17, 15) is 4.79 Å². The average Bonchev–Trinajstić information content (AvgIpc) is 3.47. The maximum absolute atomic E-state index is 13.1. The zero-order valence-corrected chi connectivity index (χ0v) is 18.8. The van der Waals surface area contributed by atoms with Crippen molar-refractivity contribution in [1.29, 1.82) is 0 Å². The molecule has 2 aromatic heterocycles. The number of hydrogen-bond acceptors (Lipinski definition) is 5. The smallest absolute Gasteiger partial charge is 0.251 e. The summed E-state index contributed by atoms with van der Waals surface area (Å²) in [6, 6.07) is 15.9. The van der Waals surface area contributed by atoms with E-state index in [0.29, 0.717) is 12.1 Å². The van der Waals surface area contributed by atoms with Gasteiger partial charge in [0.05, 0.1) is 17.9 Å². The number of benzene rings is 2. The van der Waals surface area contributed by atoms with Gasteiger partial charge in [-0.05, 0) is 59.7 Å². The Labute approximate surface area is 187 Å². The molecule has 0 saturated heterocycles. The summed E-state index contributed by atoms with van der Waals surface area (Å²) >= 11 is 0. The molecule has 0 fully saturated rings. The number of carbonyl (C=O) groups excluding carboxylic acids is 1. The lowest BCUT2D eigenvalue weighted by atomic mass is 10.0. The number of tetrazole rings is 1. The van der Waals surface area contributed by atoms with E-state index in [1.807, 2.05) is 49.7 Å². The van der Waals surface area contributed by atoms with Crippen molar-refractivity contribution in [1.82, 2.24) is 35.3 Å². The molecule has 0 atom stereocenters. The predicted octanol–water partition coefficient (Wildman–Crippen LogP) is 3.91. The van der Waals surface area contributed by atoms with Gasteiger partial charge in [0.15, 0.2) is 5.82 Å². The first-order valence-corrected chi connectivity index (χ1v) is 10.8. The molecule has 164 valence electrons. The maximum atomic E-state index is 13.1. The van der Waals surface area contributed by atoms with Gasteiger partial charge >= 0.3 is 0 Å². The van der Waals surface area contributed by atoms with E-state index in [4.69, 9.17) is 0 Å². The Hall–Kier alpha value is -3.81. The van der Waals surface area contributed by atoms with Crippen LogP contribution in [0.4, 0.5) is 0 Å². The quantitative estimate of drug-likeness (QED) is 0.481. The predicted molar refractivity (Wildman–Crippen MR) is 122 cm³/mol. The standard InChI is InChI=1S/C24H27N7O/c1-5-30-21(10-11-26-30)15-25-24(32)20-12-19(18-8-6-17(4)7-9-18)13-22(14-20)31-23(16(2)3)27-28-29-31/h6-14,16H,5,15H2,1-4H3,(H,25,32). The molecule has 8 heteroatoms. The third-order valence-corrected chi connectivity index (χ3v) is 5.35. The monoisotopic (exact) mass is 429 g/mol. The first-order chi connectivity index (χ1) is 15.5. The van der Waals surface area contributed by atoms with Crippen LogP contribution in [0.25, 0.3) is 16.8 Å². The molecule has 1 amide bonds. The third kappa shape index (κ3) is 4.44. The molecule has 0 saturated carbocycles. The summed E-state index contributed by atoms with van der Waals surface area (Å²) in [4.78, 5) is 13.1. The second kappa shape index (κ2) is 9.13. The number of carbonyl (C=O) groups is 1. The molecular formula is C24H27N7O. The van der Waals surface area contributed by atoms with Crippen molar-refractivity contribution in [3.8, 4) is 16.8 Å². The van der Waals surface area contributed by atoms with Gasteiger partial charge in [-0.15, -0.1) is 5.10 Å². The van der Waals surface area contributed by atoms with Crippen LogP contribution < -0.4 is 5.32 Å². The van der Waals surface area contributed by atoms with Crippen LogP contribution in [0.1, 0.15) is 54.1 Å². The van der Waals surface area contributed by atoms with E-state index in [-0.39, 0.29) is 11.8 Å². The minimum absolute atomic E-state index is 0.139. The van der Waals surface area contributed by atoms with E-state index in [1.54, 1.807) is 10.9 Å². The average molecular weight is 430 g/mol. The lowest BCUT2D eigenvalue weighted by Gasteiger charge is -2.13. The number of nitrogens with zero attached hydrogens (tertiary/aromatic N) is 6. The van der Waals surface area contributed by atoms with Crippen LogP contribution in [0, 0.1) is 6.92 Å². The topological polar surface area (TPSA) is 90.5 Å². The molecule has 0 aliphatic heterocycles. The van der Waals surface area contributed by atoms with E-state index in [1.165, 1.54) is 5.56 Å². The summed E-state index contributed by atoms with van der Waals surface area (Å²) in [7, 11) is 0. The highest BCUT2D eigenvalue weighted by Gasteiger charge is 2.16. The number of hydrogen-bond donors (Lipinski definition) is 1. The van der Waals surface area contributed by atoms with E-state index in [0.717, 1.165) is 34.9 Å². The Balaban J connectivity index is 1.72. The first-order valence-electron chi connectivity index (χ1n) is 10.8. The number of aryl methyl sites for hydroxylation is 2. The maximum Gasteiger partial charge on any atom is 0.251 e. The lowest BCUT2D eigenvalue weighted by molar-refractivity contribution is 0.0950. The van der Waals surface area contributed by atoms with Gasteiger partial charge in [-0.1, -0.05) is 43.7 Å². The Bertz CT molecular complexity index is 1220. The van der Waals surface area contributed by atoms with E-state index >= 15 is 0 Å². The van der Waals surface area contributed by atoms with Gasteiger partial charge in [0.2, 0.25) is 0 Å². The first kappa shape index (κ1) is 21.4. The van der Waals surface area contributed by atoms with Gasteiger partial charge in [0, 0.05) is 24.2 Å². The molecule has 1 N–H and O–H groups in total. The van der Waals surface area contributed by atoms with Crippen molar-refractivity contribution >= 4 is 5.91 Å². The highest BCUT2D eigenvalue weighted by molar-refractivity contribution is 5.96. The van der Waals surface area contributed by atoms with Crippen LogP contribution in [0.2, 0.25) is 0 Å². The molecule has 4 aromatic rings. The van der Waals surface area contributed by atoms with Crippen molar-refractivity contribution in [3.63, 3.8) is 0 Å². The van der Waals surface area contributed by atoms with Gasteiger partial charge in [0.1, 0.15) is 0 Å². The minimum atomic E-state index is -0.164. The summed E-state index contributed by atoms with van der Waals surface area (Å²) in [5, 5.41) is 19.5. The molecule has 0 spiro atoms. The third-order valence-electron chi connectivity index (χ3n) is 5.35. The Kier molecular flexibility index (Phi) is 6.11. The normalized spacial score (nSPS) is 11.2. The fourth-order valence-corrected chi connectivity index (χ4v) is 3.58. The molecule has 0 bridgehead atoms. The molecule has 0 unspecified atom stereocenters. The van der Waals surface area contributed by atoms with Gasteiger partial charge in [-0.3, -0.25) is 9.48 Å². The summed E-state index contributed by atoms with van der Waals surface area (Å²) < 4.78 is 3.57. The summed E-state index contributed by atoms with van der Waals surface area (Å²) in [5.41, 5.74) is 5.38. The van der Waals surface area contributed by atoms with E-state index in [2.05, 4.69) is 57.1 Å². The minimum Gasteiger partial charge on any atom is -0.346 e. The van der Waals surface area contributed by atoms with Crippen LogP contribution in [0.3, 0.4) is 0 Å². The number of rotatable bonds is 7. The largest absolute Gasteiger partial charge is 0.346 e. The summed E-state index contributed by atoms with van der Waals surface area (Å²) in [6.07, 6.45) is 1.74. The lowest BCUT2D eigenvalue weighted by Crippen LogP contribution is -2.24. The number of aromatic nitrogens is 6. The Morgan fingerprint density at radius 1 is 1.06 bits per heavy atom. The number of amides is 1. The highest BCUT2D eigenvalue weighted by Crippen LogP contribution is 2.26. The molecule has 32 heavy (non-hydrogen) atoms. The highest BCUT2D eigenvalue weighted by atomic mass is 16.1. The Morgan fingerprint density at radius 2 is 1.84 bits per heavy atom. The van der Waals surface area contributed by atoms with Gasteiger partial charge in [-0.25, -0.2) is 0 Å². The van der Waals surface area contributed by atoms with E-state index < -0.39 is 0 Å². The van der Waals surface area contributed by atoms with Crippen LogP contribution in [0.5, 0.6) is 0 Å². The van der Waals surface area contributed by atoms with Crippen molar-refractivity contribution in [2.24, 2.45) is 0 Å². The van der Waals surface area contributed by atoms with Crippen LogP contribution in [0.15, 0.2) is 54.7 Å². The SMILES string of the molecule is CCn1nccc1CNC(=O)c1cc(-c2ccc(C)cc2)cc(-n2nnnc2C(C)C)c1. The van der Waals surface area contributed by atoms with Gasteiger partial charge < -0.3 is 5.32 Å². The van der Waals surface area contributed by atoms with Crippen molar-refractivity contribution in [3.05, 3.63) is 77.4 Å². The van der Waals surface area contributed by atoms with Crippen molar-refractivity contribution in [2.45, 2.75) is 46.7 Å². The second-order valence-electron chi connectivity index (χ2n) is 8.06. The fourth-order valence-electron chi connectivity index (χ4n) is 3.58. The molecular weight excluding hydrogens is 402 g/mol. The van der Waals surface area contributed by atoms with Gasteiger partial charge in [0.25, 0.3) is 5.91 Å². The Morgan fingerprint density at radius 3 is 2.56 bits per heavy atom. The van der Waals surface area contributed by atoms with Crippen LogP contribution in [-0.2, 0) is 13.1 Å². The zero-order valence-electron chi connectivity index (χ0n) is 18.8. The molecule has 2 heterocycles. The summed E-state index contributed by atoms with van der Waals surface area (Å²) in [6.45, 7) is 9.30. The molecule has 0 aliphatic carbocycles. The van der Waals surface area contributed by atoms with Crippen LogP contribution >= 0.6 is 0 Å². The van der Waals surface area contributed by atoms with Crippen molar-refractivity contribution < 1.29 is 4.79 Å². The molecule has 2 aromatic carbocycles. The molecule has 4 rings (SSSR count). The van der Waals surface area contributed by atoms with Crippen molar-refractivity contribution in [2.75, 3.05) is 0 Å². The summed E-state index contributed by atoms with van der Waals surface area (Å²) in [5.74, 6) is 0.715.